The summed E-state index contributed by atoms with van der Waals surface area (Å²) in [5.74, 6) is 1.07. The highest BCUT2D eigenvalue weighted by Crippen LogP contribution is 2.32. The second-order valence-corrected chi connectivity index (χ2v) is 4.71. The number of carbonyl (C=O) groups excluding carboxylic acids is 1. The van der Waals surface area contributed by atoms with Gasteiger partial charge in [0.1, 0.15) is 0 Å². The molecular weight excluding hydrogens is 178 g/mol. The van der Waals surface area contributed by atoms with Crippen LogP contribution in [-0.4, -0.2) is 23.7 Å². The fourth-order valence-electron chi connectivity index (χ4n) is 2.81. The van der Waals surface area contributed by atoms with Crippen LogP contribution in [0.2, 0.25) is 0 Å². The van der Waals surface area contributed by atoms with Gasteiger partial charge in [-0.05, 0) is 12.3 Å². The molecule has 0 spiro atoms. The van der Waals surface area contributed by atoms with E-state index in [1.165, 1.54) is 25.7 Å². The molecule has 1 amide bonds. The van der Waals surface area contributed by atoms with E-state index in [2.05, 4.69) is 5.32 Å². The number of hydrogen-bond donors (Lipinski definition) is 2. The van der Waals surface area contributed by atoms with Crippen molar-refractivity contribution in [2.24, 2.45) is 11.8 Å². The lowest BCUT2D eigenvalue weighted by atomic mass is 9.91. The molecule has 1 aliphatic heterocycles. The van der Waals surface area contributed by atoms with Gasteiger partial charge in [-0.25, -0.2) is 0 Å². The summed E-state index contributed by atoms with van der Waals surface area (Å²) in [7, 11) is 0. The zero-order valence-electron chi connectivity index (χ0n) is 8.54. The number of amides is 1. The molecule has 2 aliphatic rings. The Balaban J connectivity index is 1.86. The zero-order valence-corrected chi connectivity index (χ0v) is 8.54. The van der Waals surface area contributed by atoms with Crippen LogP contribution in [0.4, 0.5) is 0 Å². The predicted molar refractivity (Wildman–Crippen MR) is 53.7 cm³/mol. The van der Waals surface area contributed by atoms with Crippen molar-refractivity contribution in [3.63, 3.8) is 0 Å². The van der Waals surface area contributed by atoms with Crippen LogP contribution >= 0.6 is 0 Å². The predicted octanol–water partition coefficient (Wildman–Crippen LogP) is 1.06. The van der Waals surface area contributed by atoms with Gasteiger partial charge in [-0.3, -0.25) is 4.79 Å². The zero-order chi connectivity index (χ0) is 9.97. The first kappa shape index (κ1) is 9.97. The van der Waals surface area contributed by atoms with E-state index in [1.54, 1.807) is 0 Å². The third kappa shape index (κ3) is 2.08. The van der Waals surface area contributed by atoms with E-state index in [4.69, 9.17) is 5.11 Å². The lowest BCUT2D eigenvalue weighted by molar-refractivity contribution is -0.119. The Morgan fingerprint density at radius 3 is 2.71 bits per heavy atom. The number of hydrogen-bond acceptors (Lipinski definition) is 2. The molecule has 0 aromatic heterocycles. The molecule has 1 heterocycles. The third-order valence-corrected chi connectivity index (χ3v) is 3.66. The Bertz CT molecular complexity index is 211. The largest absolute Gasteiger partial charge is 0.396 e. The normalized spacial score (nSPS) is 33.6. The second kappa shape index (κ2) is 4.30. The molecule has 0 aromatic rings. The van der Waals surface area contributed by atoms with Crippen molar-refractivity contribution in [3.05, 3.63) is 0 Å². The van der Waals surface area contributed by atoms with Gasteiger partial charge in [-0.1, -0.05) is 25.7 Å². The van der Waals surface area contributed by atoms with Crippen LogP contribution in [0.15, 0.2) is 0 Å². The molecule has 2 fully saturated rings. The van der Waals surface area contributed by atoms with Crippen LogP contribution in [-0.2, 0) is 4.79 Å². The topological polar surface area (TPSA) is 49.3 Å². The van der Waals surface area contributed by atoms with Crippen molar-refractivity contribution in [1.29, 1.82) is 0 Å². The summed E-state index contributed by atoms with van der Waals surface area (Å²) >= 11 is 0. The molecule has 1 aliphatic carbocycles. The van der Waals surface area contributed by atoms with Gasteiger partial charge in [0.05, 0.1) is 0 Å². The molecule has 1 saturated carbocycles. The van der Waals surface area contributed by atoms with Crippen LogP contribution in [0, 0.1) is 11.8 Å². The lowest BCUT2D eigenvalue weighted by Crippen LogP contribution is -2.32. The van der Waals surface area contributed by atoms with E-state index >= 15 is 0 Å². The number of nitrogens with one attached hydrogen (secondary N) is 1. The van der Waals surface area contributed by atoms with Crippen LogP contribution in [0.1, 0.15) is 38.5 Å². The number of aliphatic hydroxyl groups is 1. The smallest absolute Gasteiger partial charge is 0.220 e. The highest BCUT2D eigenvalue weighted by molar-refractivity contribution is 5.79. The maximum atomic E-state index is 11.2. The fourth-order valence-corrected chi connectivity index (χ4v) is 2.81. The maximum absolute atomic E-state index is 11.2. The number of rotatable bonds is 3. The Hall–Kier alpha value is -0.570. The average Bonchev–Trinajstić information content (AvgIpc) is 2.76. The van der Waals surface area contributed by atoms with Crippen molar-refractivity contribution in [2.75, 3.05) is 6.61 Å². The van der Waals surface area contributed by atoms with E-state index in [-0.39, 0.29) is 24.5 Å². The minimum atomic E-state index is 0.118. The first-order valence-electron chi connectivity index (χ1n) is 5.70. The molecule has 0 aromatic carbocycles. The Labute approximate surface area is 84.9 Å². The molecule has 1 saturated heterocycles. The van der Waals surface area contributed by atoms with E-state index in [0.29, 0.717) is 6.42 Å². The van der Waals surface area contributed by atoms with Crippen molar-refractivity contribution in [1.82, 2.24) is 5.32 Å². The quantitative estimate of drug-likeness (QED) is 0.711. The monoisotopic (exact) mass is 197 g/mol. The van der Waals surface area contributed by atoms with Crippen molar-refractivity contribution in [2.45, 2.75) is 44.6 Å². The average molecular weight is 197 g/mol. The lowest BCUT2D eigenvalue weighted by Gasteiger charge is -2.20. The summed E-state index contributed by atoms with van der Waals surface area (Å²) in [5, 5.41) is 12.1. The molecule has 14 heavy (non-hydrogen) atoms. The molecule has 3 nitrogen and oxygen atoms in total. The molecule has 0 bridgehead atoms. The second-order valence-electron chi connectivity index (χ2n) is 4.71. The Kier molecular flexibility index (Phi) is 3.06. The molecule has 2 N–H and O–H groups in total. The van der Waals surface area contributed by atoms with Gasteiger partial charge in [-0.15, -0.1) is 0 Å². The van der Waals surface area contributed by atoms with Crippen LogP contribution in [0.5, 0.6) is 0 Å². The van der Waals surface area contributed by atoms with E-state index < -0.39 is 0 Å². The van der Waals surface area contributed by atoms with Gasteiger partial charge in [0, 0.05) is 25.0 Å². The van der Waals surface area contributed by atoms with E-state index in [1.807, 2.05) is 0 Å². The number of carbonyl (C=O) groups is 1. The first-order valence-corrected chi connectivity index (χ1v) is 5.70. The van der Waals surface area contributed by atoms with Crippen molar-refractivity contribution >= 4 is 5.91 Å². The van der Waals surface area contributed by atoms with Crippen LogP contribution < -0.4 is 5.32 Å². The van der Waals surface area contributed by atoms with Crippen molar-refractivity contribution < 1.29 is 9.90 Å². The Morgan fingerprint density at radius 2 is 2.07 bits per heavy atom. The van der Waals surface area contributed by atoms with Gasteiger partial charge >= 0.3 is 0 Å². The summed E-state index contributed by atoms with van der Waals surface area (Å²) in [5.41, 5.74) is 0. The van der Waals surface area contributed by atoms with Crippen LogP contribution in [0.3, 0.4) is 0 Å². The highest BCUT2D eigenvalue weighted by atomic mass is 16.3. The Morgan fingerprint density at radius 1 is 1.36 bits per heavy atom. The number of aliphatic hydroxyl groups excluding tert-OH is 1. The molecule has 80 valence electrons. The molecule has 0 radical (unpaired) electrons. The van der Waals surface area contributed by atoms with Gasteiger partial charge in [0.25, 0.3) is 0 Å². The summed E-state index contributed by atoms with van der Waals surface area (Å²) < 4.78 is 0. The summed E-state index contributed by atoms with van der Waals surface area (Å²) in [6.45, 7) is 0.149. The molecule has 3 heteroatoms. The van der Waals surface area contributed by atoms with Gasteiger partial charge < -0.3 is 10.4 Å². The fraction of sp³-hybridized carbons (Fsp3) is 0.909. The maximum Gasteiger partial charge on any atom is 0.220 e. The summed E-state index contributed by atoms with van der Waals surface area (Å²) in [6.07, 6.45) is 6.91. The molecule has 2 unspecified atom stereocenters. The molecule has 2 rings (SSSR count). The van der Waals surface area contributed by atoms with Gasteiger partial charge in [0.2, 0.25) is 5.91 Å². The summed E-state index contributed by atoms with van der Waals surface area (Å²) in [6, 6.07) is 0.246. The minimum absolute atomic E-state index is 0.118. The standard InChI is InChI=1S/C11H19NO2/c13-7-9-6-11(14)12-10(9)5-8-3-1-2-4-8/h8-10,13H,1-7H2,(H,12,14). The van der Waals surface area contributed by atoms with E-state index in [9.17, 15) is 4.79 Å². The van der Waals surface area contributed by atoms with Gasteiger partial charge in [-0.2, -0.15) is 0 Å². The SMILES string of the molecule is O=C1CC(CO)C(CC2CCCC2)N1. The first-order chi connectivity index (χ1) is 6.79. The minimum Gasteiger partial charge on any atom is -0.396 e. The summed E-state index contributed by atoms with van der Waals surface area (Å²) in [4.78, 5) is 11.2. The van der Waals surface area contributed by atoms with Crippen molar-refractivity contribution in [3.8, 4) is 0 Å². The third-order valence-electron chi connectivity index (χ3n) is 3.66. The molecular formula is C11H19NO2. The molecule has 2 atom stereocenters. The van der Waals surface area contributed by atoms with Gasteiger partial charge in [0.15, 0.2) is 0 Å². The van der Waals surface area contributed by atoms with E-state index in [0.717, 1.165) is 12.3 Å². The highest BCUT2D eigenvalue weighted by Gasteiger charge is 2.33. The van der Waals surface area contributed by atoms with Crippen LogP contribution in [0.25, 0.3) is 0 Å².